The predicted molar refractivity (Wildman–Crippen MR) is 154 cm³/mol. The second-order valence-corrected chi connectivity index (χ2v) is 10.2. The zero-order chi connectivity index (χ0) is 28.9. The van der Waals surface area contributed by atoms with Crippen molar-refractivity contribution in [3.05, 3.63) is 83.9 Å². The lowest BCUT2D eigenvalue weighted by molar-refractivity contribution is -0.128. The van der Waals surface area contributed by atoms with Gasteiger partial charge in [-0.15, -0.1) is 5.10 Å². The number of rotatable bonds is 11. The van der Waals surface area contributed by atoms with Crippen molar-refractivity contribution in [3.8, 4) is 5.75 Å². The van der Waals surface area contributed by atoms with E-state index in [1.54, 1.807) is 42.5 Å². The first-order valence-electron chi connectivity index (χ1n) is 13.4. The molecule has 4 aromatic rings. The number of ether oxygens (including phenoxy) is 1. The Bertz CT molecular complexity index is 1530. The van der Waals surface area contributed by atoms with E-state index in [-0.39, 0.29) is 12.3 Å². The second kappa shape index (κ2) is 12.1. The molecule has 1 N–H and O–H groups in total. The number of para-hydroxylation sites is 3. The minimum atomic E-state index is -1.14. The number of ketones is 1. The number of anilines is 1. The highest BCUT2D eigenvalue weighted by Crippen LogP contribution is 2.36. The van der Waals surface area contributed by atoms with Gasteiger partial charge in [-0.3, -0.25) is 19.3 Å². The van der Waals surface area contributed by atoms with E-state index in [9.17, 15) is 14.4 Å². The molecule has 3 aromatic carbocycles. The number of nitrogens with one attached hydrogen (secondary N) is 1. The molecule has 0 fully saturated rings. The highest BCUT2D eigenvalue weighted by Gasteiger charge is 2.38. The van der Waals surface area contributed by atoms with Gasteiger partial charge in [-0.2, -0.15) is 0 Å². The quantitative estimate of drug-likeness (QED) is 0.265. The van der Waals surface area contributed by atoms with Gasteiger partial charge in [0.2, 0.25) is 11.8 Å². The number of hydrogen-bond acceptors (Lipinski definition) is 6. The van der Waals surface area contributed by atoms with Crippen LogP contribution in [0.3, 0.4) is 0 Å². The van der Waals surface area contributed by atoms with Crippen LogP contribution in [0.1, 0.15) is 63.0 Å². The molecule has 9 heteroatoms. The normalized spacial score (nSPS) is 12.1. The number of aromatic nitrogens is 3. The Morgan fingerprint density at radius 1 is 0.975 bits per heavy atom. The summed E-state index contributed by atoms with van der Waals surface area (Å²) in [4.78, 5) is 42.7. The fourth-order valence-corrected chi connectivity index (χ4v) is 4.52. The van der Waals surface area contributed by atoms with Crippen molar-refractivity contribution in [2.45, 2.75) is 59.2 Å². The molecule has 208 valence electrons. The summed E-state index contributed by atoms with van der Waals surface area (Å²) >= 11 is 0. The SMILES string of the molecule is CCOc1ccccc1[C@@H](C(=O)NC(C)(C)CC)N(C(=O)Cn1nnc2ccccc21)c1ccccc1C(C)=O. The van der Waals surface area contributed by atoms with Crippen LogP contribution in [0.25, 0.3) is 11.0 Å². The highest BCUT2D eigenvalue weighted by atomic mass is 16.5. The summed E-state index contributed by atoms with van der Waals surface area (Å²) in [5.74, 6) is -0.589. The Balaban J connectivity index is 1.93. The van der Waals surface area contributed by atoms with Crippen LogP contribution in [0, 0.1) is 0 Å². The fraction of sp³-hybridized carbons (Fsp3) is 0.323. The summed E-state index contributed by atoms with van der Waals surface area (Å²) in [6, 6.07) is 20.2. The summed E-state index contributed by atoms with van der Waals surface area (Å²) in [6.45, 7) is 9.29. The van der Waals surface area contributed by atoms with Crippen LogP contribution in [-0.4, -0.2) is 44.7 Å². The smallest absolute Gasteiger partial charge is 0.249 e. The Morgan fingerprint density at radius 3 is 2.38 bits per heavy atom. The van der Waals surface area contributed by atoms with E-state index in [1.807, 2.05) is 58.0 Å². The van der Waals surface area contributed by atoms with Gasteiger partial charge in [-0.05, 0) is 64.4 Å². The van der Waals surface area contributed by atoms with Crippen molar-refractivity contribution in [1.29, 1.82) is 0 Å². The van der Waals surface area contributed by atoms with Crippen molar-refractivity contribution in [3.63, 3.8) is 0 Å². The molecule has 40 heavy (non-hydrogen) atoms. The van der Waals surface area contributed by atoms with Crippen LogP contribution in [-0.2, 0) is 16.1 Å². The molecule has 1 aromatic heterocycles. The number of carbonyl (C=O) groups is 3. The zero-order valence-corrected chi connectivity index (χ0v) is 23.5. The maximum atomic E-state index is 14.4. The monoisotopic (exact) mass is 541 g/mol. The van der Waals surface area contributed by atoms with Gasteiger partial charge in [0.1, 0.15) is 23.9 Å². The average Bonchev–Trinajstić information content (AvgIpc) is 3.34. The van der Waals surface area contributed by atoms with E-state index in [2.05, 4.69) is 15.6 Å². The van der Waals surface area contributed by atoms with Gasteiger partial charge in [-0.25, -0.2) is 4.68 Å². The van der Waals surface area contributed by atoms with E-state index in [4.69, 9.17) is 4.74 Å². The maximum Gasteiger partial charge on any atom is 0.249 e. The zero-order valence-electron chi connectivity index (χ0n) is 23.5. The van der Waals surface area contributed by atoms with Crippen LogP contribution in [0.15, 0.2) is 72.8 Å². The molecular weight excluding hydrogens is 506 g/mol. The minimum Gasteiger partial charge on any atom is -0.493 e. The molecular formula is C31H35N5O4. The number of fused-ring (bicyclic) bond motifs is 1. The van der Waals surface area contributed by atoms with Crippen LogP contribution < -0.4 is 15.0 Å². The van der Waals surface area contributed by atoms with Crippen molar-refractivity contribution >= 4 is 34.3 Å². The molecule has 0 bridgehead atoms. The van der Waals surface area contributed by atoms with E-state index in [0.29, 0.717) is 46.6 Å². The van der Waals surface area contributed by atoms with Crippen LogP contribution in [0.4, 0.5) is 5.69 Å². The van der Waals surface area contributed by atoms with E-state index in [1.165, 1.54) is 16.5 Å². The Morgan fingerprint density at radius 2 is 1.65 bits per heavy atom. The van der Waals surface area contributed by atoms with Crippen LogP contribution >= 0.6 is 0 Å². The van der Waals surface area contributed by atoms with Gasteiger partial charge in [0, 0.05) is 16.7 Å². The Labute approximate surface area is 234 Å². The number of nitrogens with zero attached hydrogens (tertiary/aromatic N) is 4. The Hall–Kier alpha value is -4.53. The topological polar surface area (TPSA) is 106 Å². The molecule has 0 spiro atoms. The third kappa shape index (κ3) is 6.03. The fourth-order valence-electron chi connectivity index (χ4n) is 4.52. The predicted octanol–water partition coefficient (Wildman–Crippen LogP) is 5.11. The molecule has 0 unspecified atom stereocenters. The number of hydrogen-bond donors (Lipinski definition) is 1. The third-order valence-corrected chi connectivity index (χ3v) is 6.88. The number of Topliss-reactive ketones (excluding diaryl/α,β-unsaturated/α-hetero) is 1. The largest absolute Gasteiger partial charge is 0.493 e. The Kier molecular flexibility index (Phi) is 8.62. The summed E-state index contributed by atoms with van der Waals surface area (Å²) in [5.41, 5.74) is 1.92. The van der Waals surface area contributed by atoms with E-state index in [0.717, 1.165) is 0 Å². The summed E-state index contributed by atoms with van der Waals surface area (Å²) in [6.07, 6.45) is 0.668. The lowest BCUT2D eigenvalue weighted by Crippen LogP contribution is -2.51. The van der Waals surface area contributed by atoms with Crippen molar-refractivity contribution in [2.75, 3.05) is 11.5 Å². The lowest BCUT2D eigenvalue weighted by atomic mass is 9.96. The molecule has 2 amide bonds. The summed E-state index contributed by atoms with van der Waals surface area (Å²) in [5, 5.41) is 11.5. The average molecular weight is 542 g/mol. The number of benzene rings is 3. The summed E-state index contributed by atoms with van der Waals surface area (Å²) < 4.78 is 7.42. The minimum absolute atomic E-state index is 0.204. The molecule has 4 rings (SSSR count). The van der Waals surface area contributed by atoms with Gasteiger partial charge in [-0.1, -0.05) is 54.6 Å². The highest BCUT2D eigenvalue weighted by molar-refractivity contribution is 6.08. The van der Waals surface area contributed by atoms with Gasteiger partial charge < -0.3 is 10.1 Å². The molecule has 1 heterocycles. The molecule has 0 saturated carbocycles. The van der Waals surface area contributed by atoms with Gasteiger partial charge in [0.15, 0.2) is 5.78 Å². The maximum absolute atomic E-state index is 14.4. The van der Waals surface area contributed by atoms with Gasteiger partial charge in [0.25, 0.3) is 0 Å². The standard InChI is InChI=1S/C31H35N5O4/c1-6-31(4,5)32-30(39)29(23-15-9-13-19-27(23)40-7-2)36(25-17-11-8-14-22(25)21(3)37)28(38)20-35-26-18-12-10-16-24(26)33-34-35/h8-19,29H,6-7,20H2,1-5H3,(H,32,39)/t29-/m0/s1. The molecule has 1 atom stereocenters. The van der Waals surface area contributed by atoms with Gasteiger partial charge >= 0.3 is 0 Å². The first kappa shape index (κ1) is 28.5. The first-order chi connectivity index (χ1) is 19.2. The van der Waals surface area contributed by atoms with Crippen molar-refractivity contribution < 1.29 is 19.1 Å². The van der Waals surface area contributed by atoms with Crippen LogP contribution in [0.5, 0.6) is 5.75 Å². The van der Waals surface area contributed by atoms with Crippen molar-refractivity contribution in [1.82, 2.24) is 20.3 Å². The summed E-state index contributed by atoms with van der Waals surface area (Å²) in [7, 11) is 0. The molecule has 0 aliphatic heterocycles. The van der Waals surface area contributed by atoms with Gasteiger partial charge in [0.05, 0.1) is 17.8 Å². The number of amides is 2. The molecule has 0 aliphatic rings. The van der Waals surface area contributed by atoms with Crippen LogP contribution in [0.2, 0.25) is 0 Å². The molecule has 0 radical (unpaired) electrons. The first-order valence-corrected chi connectivity index (χ1v) is 13.4. The lowest BCUT2D eigenvalue weighted by Gasteiger charge is -2.35. The third-order valence-electron chi connectivity index (χ3n) is 6.88. The van der Waals surface area contributed by atoms with Crippen molar-refractivity contribution in [2.24, 2.45) is 0 Å². The molecule has 9 nitrogen and oxygen atoms in total. The second-order valence-electron chi connectivity index (χ2n) is 10.2. The molecule has 0 saturated heterocycles. The number of carbonyl (C=O) groups excluding carboxylic acids is 3. The molecule has 0 aliphatic carbocycles. The van der Waals surface area contributed by atoms with E-state index < -0.39 is 23.4 Å². The van der Waals surface area contributed by atoms with E-state index >= 15 is 0 Å².